The van der Waals surface area contributed by atoms with Crippen molar-refractivity contribution in [2.45, 2.75) is 44.8 Å². The molecule has 2 aliphatic rings. The predicted molar refractivity (Wildman–Crippen MR) is 121 cm³/mol. The van der Waals surface area contributed by atoms with E-state index in [0.717, 1.165) is 18.4 Å². The van der Waals surface area contributed by atoms with Gasteiger partial charge in [-0.25, -0.2) is 9.80 Å². The Balaban J connectivity index is 1.53. The maximum Gasteiger partial charge on any atom is 0.336 e. The van der Waals surface area contributed by atoms with E-state index in [1.54, 1.807) is 42.6 Å². The monoisotopic (exact) mass is 439 g/mol. The van der Waals surface area contributed by atoms with E-state index in [4.69, 9.17) is 9.47 Å². The molecule has 32 heavy (non-hydrogen) atoms. The van der Waals surface area contributed by atoms with Crippen LogP contribution in [0.1, 0.15) is 44.2 Å². The first-order chi connectivity index (χ1) is 15.5. The van der Waals surface area contributed by atoms with Gasteiger partial charge in [0.15, 0.2) is 11.5 Å². The van der Waals surface area contributed by atoms with Gasteiger partial charge in [-0.15, -0.1) is 0 Å². The van der Waals surface area contributed by atoms with E-state index in [0.29, 0.717) is 29.4 Å². The molecule has 0 radical (unpaired) electrons. The van der Waals surface area contributed by atoms with Gasteiger partial charge in [0.1, 0.15) is 0 Å². The minimum atomic E-state index is -0.232. The molecule has 0 spiro atoms. The van der Waals surface area contributed by atoms with Crippen LogP contribution >= 0.6 is 0 Å². The van der Waals surface area contributed by atoms with Crippen LogP contribution in [-0.4, -0.2) is 48.7 Å². The second-order valence-corrected chi connectivity index (χ2v) is 8.12. The summed E-state index contributed by atoms with van der Waals surface area (Å²) in [5, 5.41) is 9.10. The summed E-state index contributed by atoms with van der Waals surface area (Å²) in [6.45, 7) is 1.86. The van der Waals surface area contributed by atoms with E-state index < -0.39 is 0 Å². The summed E-state index contributed by atoms with van der Waals surface area (Å²) in [6, 6.07) is 7.04. The summed E-state index contributed by atoms with van der Waals surface area (Å²) in [5.74, 6) is 1.20. The van der Waals surface area contributed by atoms with Gasteiger partial charge in [0.05, 0.1) is 43.4 Å². The number of pyridine rings is 1. The molecular formula is C23H29N5O4. The Hall–Kier alpha value is -3.49. The molecule has 3 amide bonds. The molecule has 2 N–H and O–H groups in total. The SMILES string of the molecule is COc1ccc(C2CN(N(C)c3cnccc3NC(C)=O)C(=O)N2)cc1OC1CCCC1. The number of nitrogens with one attached hydrogen (secondary N) is 2. The van der Waals surface area contributed by atoms with Crippen molar-refractivity contribution in [2.75, 3.05) is 31.0 Å². The number of ether oxygens (including phenoxy) is 2. The minimum Gasteiger partial charge on any atom is -0.493 e. The Labute approximate surface area is 187 Å². The number of amides is 3. The Morgan fingerprint density at radius 2 is 2.03 bits per heavy atom. The predicted octanol–water partition coefficient (Wildman–Crippen LogP) is 3.49. The van der Waals surface area contributed by atoms with Crippen LogP contribution in [0.3, 0.4) is 0 Å². The average Bonchev–Trinajstić information content (AvgIpc) is 3.43. The molecule has 1 aromatic heterocycles. The molecule has 170 valence electrons. The number of rotatable bonds is 7. The highest BCUT2D eigenvalue weighted by molar-refractivity contribution is 5.93. The normalized spacial score (nSPS) is 18.4. The lowest BCUT2D eigenvalue weighted by Gasteiger charge is -2.30. The van der Waals surface area contributed by atoms with Crippen molar-refractivity contribution < 1.29 is 19.1 Å². The fourth-order valence-corrected chi connectivity index (χ4v) is 4.23. The number of nitrogens with zero attached hydrogens (tertiary/aromatic N) is 3. The quantitative estimate of drug-likeness (QED) is 0.686. The van der Waals surface area contributed by atoms with E-state index in [1.807, 2.05) is 18.2 Å². The molecule has 1 aliphatic heterocycles. The number of carbonyl (C=O) groups excluding carboxylic acids is 2. The van der Waals surface area contributed by atoms with Crippen molar-refractivity contribution in [3.8, 4) is 11.5 Å². The summed E-state index contributed by atoms with van der Waals surface area (Å²) >= 11 is 0. The van der Waals surface area contributed by atoms with Crippen molar-refractivity contribution in [2.24, 2.45) is 0 Å². The van der Waals surface area contributed by atoms with E-state index in [2.05, 4.69) is 15.6 Å². The lowest BCUT2D eigenvalue weighted by atomic mass is 10.1. The maximum atomic E-state index is 12.8. The zero-order valence-corrected chi connectivity index (χ0v) is 18.6. The molecule has 9 heteroatoms. The number of carbonyl (C=O) groups is 2. The van der Waals surface area contributed by atoms with Gasteiger partial charge < -0.3 is 20.1 Å². The summed E-state index contributed by atoms with van der Waals surface area (Å²) in [4.78, 5) is 28.5. The molecule has 0 bridgehead atoms. The number of hydrogen-bond donors (Lipinski definition) is 2. The summed E-state index contributed by atoms with van der Waals surface area (Å²) in [5.41, 5.74) is 2.15. The third-order valence-corrected chi connectivity index (χ3v) is 5.90. The lowest BCUT2D eigenvalue weighted by Crippen LogP contribution is -2.42. The van der Waals surface area contributed by atoms with Crippen LogP contribution in [-0.2, 0) is 4.79 Å². The number of aromatic nitrogens is 1. The third kappa shape index (κ3) is 4.56. The number of anilines is 2. The highest BCUT2D eigenvalue weighted by Gasteiger charge is 2.34. The first-order valence-corrected chi connectivity index (χ1v) is 10.8. The number of hydrazine groups is 1. The topological polar surface area (TPSA) is 96.0 Å². The van der Waals surface area contributed by atoms with E-state index in [1.165, 1.54) is 19.8 Å². The molecule has 4 rings (SSSR count). The summed E-state index contributed by atoms with van der Waals surface area (Å²) in [7, 11) is 3.40. The van der Waals surface area contributed by atoms with Crippen molar-refractivity contribution in [1.82, 2.24) is 15.3 Å². The minimum absolute atomic E-state index is 0.192. The van der Waals surface area contributed by atoms with Crippen molar-refractivity contribution in [3.05, 3.63) is 42.2 Å². The van der Waals surface area contributed by atoms with Crippen molar-refractivity contribution in [3.63, 3.8) is 0 Å². The third-order valence-electron chi connectivity index (χ3n) is 5.90. The molecule has 9 nitrogen and oxygen atoms in total. The molecule has 1 atom stereocenters. The van der Waals surface area contributed by atoms with Gasteiger partial charge in [0.2, 0.25) is 5.91 Å². The van der Waals surface area contributed by atoms with Crippen molar-refractivity contribution in [1.29, 1.82) is 0 Å². The number of methoxy groups -OCH3 is 1. The second-order valence-electron chi connectivity index (χ2n) is 8.12. The number of urea groups is 1. The molecule has 1 saturated heterocycles. The lowest BCUT2D eigenvalue weighted by molar-refractivity contribution is -0.114. The van der Waals surface area contributed by atoms with Gasteiger partial charge in [0.25, 0.3) is 0 Å². The Morgan fingerprint density at radius 3 is 2.75 bits per heavy atom. The van der Waals surface area contributed by atoms with Crippen molar-refractivity contribution >= 4 is 23.3 Å². The van der Waals surface area contributed by atoms with Crippen LogP contribution in [0.25, 0.3) is 0 Å². The van der Waals surface area contributed by atoms with Gasteiger partial charge in [-0.05, 0) is 49.4 Å². The first kappa shape index (κ1) is 21.7. The Bertz CT molecular complexity index is 992. The van der Waals surface area contributed by atoms with Crippen LogP contribution in [0, 0.1) is 0 Å². The maximum absolute atomic E-state index is 12.8. The molecule has 1 unspecified atom stereocenters. The molecular weight excluding hydrogens is 410 g/mol. The summed E-state index contributed by atoms with van der Waals surface area (Å²) in [6.07, 6.45) is 7.88. The van der Waals surface area contributed by atoms with Gasteiger partial charge >= 0.3 is 6.03 Å². The highest BCUT2D eigenvalue weighted by Crippen LogP contribution is 2.35. The molecule has 1 aromatic carbocycles. The second kappa shape index (κ2) is 9.33. The highest BCUT2D eigenvalue weighted by atomic mass is 16.5. The number of benzene rings is 1. The van der Waals surface area contributed by atoms with Crippen LogP contribution in [0.5, 0.6) is 11.5 Å². The fraction of sp³-hybridized carbons (Fsp3) is 0.435. The Kier molecular flexibility index (Phi) is 6.34. The largest absolute Gasteiger partial charge is 0.493 e. The van der Waals surface area contributed by atoms with E-state index >= 15 is 0 Å². The number of hydrogen-bond acceptors (Lipinski definition) is 6. The van der Waals surface area contributed by atoms with Gasteiger partial charge in [-0.2, -0.15) is 0 Å². The van der Waals surface area contributed by atoms with Crippen LogP contribution in [0.15, 0.2) is 36.7 Å². The molecule has 2 heterocycles. The zero-order chi connectivity index (χ0) is 22.7. The molecule has 1 aliphatic carbocycles. The molecule has 1 saturated carbocycles. The van der Waals surface area contributed by atoms with E-state index in [9.17, 15) is 9.59 Å². The first-order valence-electron chi connectivity index (χ1n) is 10.8. The molecule has 2 aromatic rings. The van der Waals surface area contributed by atoms with Gasteiger partial charge in [0, 0.05) is 20.2 Å². The summed E-state index contributed by atoms with van der Waals surface area (Å²) < 4.78 is 11.7. The zero-order valence-electron chi connectivity index (χ0n) is 18.6. The molecule has 2 fully saturated rings. The smallest absolute Gasteiger partial charge is 0.336 e. The van der Waals surface area contributed by atoms with Gasteiger partial charge in [-0.1, -0.05) is 6.07 Å². The Morgan fingerprint density at radius 1 is 1.25 bits per heavy atom. The standard InChI is InChI=1S/C23H29N5O4/c1-15(29)25-18-10-11-24-13-20(18)27(2)28-14-19(26-23(28)30)16-8-9-21(31-3)22(12-16)32-17-6-4-5-7-17/h8-13,17,19H,4-7,14H2,1-3H3,(H,26,30)(H,24,25,29). The fourth-order valence-electron chi connectivity index (χ4n) is 4.23. The van der Waals surface area contributed by atoms with E-state index in [-0.39, 0.29) is 24.1 Å². The van der Waals surface area contributed by atoms with Gasteiger partial charge in [-0.3, -0.25) is 14.8 Å². The average molecular weight is 440 g/mol. The van der Waals surface area contributed by atoms with Crippen LogP contribution < -0.4 is 25.1 Å². The van der Waals surface area contributed by atoms with Crippen LogP contribution in [0.2, 0.25) is 0 Å². The van der Waals surface area contributed by atoms with Crippen LogP contribution in [0.4, 0.5) is 16.2 Å².